The van der Waals surface area contributed by atoms with Crippen molar-refractivity contribution < 1.29 is 14.3 Å². The summed E-state index contributed by atoms with van der Waals surface area (Å²) < 4.78 is 5.25. The minimum Gasteiger partial charge on any atom is -0.444 e. The molecule has 0 spiro atoms. The van der Waals surface area contributed by atoms with Crippen LogP contribution in [0.2, 0.25) is 0 Å². The van der Waals surface area contributed by atoms with Crippen LogP contribution in [0, 0.1) is 0 Å². The molecular weight excluding hydrogens is 342 g/mol. The summed E-state index contributed by atoms with van der Waals surface area (Å²) in [7, 11) is 0. The molecule has 0 saturated carbocycles. The molecule has 6 nitrogen and oxygen atoms in total. The third kappa shape index (κ3) is 5.61. The number of para-hydroxylation sites is 3. The lowest BCUT2D eigenvalue weighted by molar-refractivity contribution is 0.155. The first-order valence-electron chi connectivity index (χ1n) is 8.40. The molecule has 0 heterocycles. The number of hydrogen-bond acceptors (Lipinski definition) is 3. The number of benzene rings is 3. The van der Waals surface area contributed by atoms with E-state index in [1.165, 1.54) is 0 Å². The zero-order chi connectivity index (χ0) is 18.9. The van der Waals surface area contributed by atoms with Gasteiger partial charge in [0.2, 0.25) is 0 Å². The molecule has 0 radical (unpaired) electrons. The summed E-state index contributed by atoms with van der Waals surface area (Å²) in [5.41, 5.74) is 2.59. The minimum absolute atomic E-state index is 0.0282. The molecule has 0 unspecified atom stereocenters. The van der Waals surface area contributed by atoms with Crippen LogP contribution in [0.15, 0.2) is 84.9 Å². The quantitative estimate of drug-likeness (QED) is 0.593. The van der Waals surface area contributed by atoms with Gasteiger partial charge < -0.3 is 15.4 Å². The van der Waals surface area contributed by atoms with Crippen molar-refractivity contribution in [2.75, 3.05) is 16.0 Å². The van der Waals surface area contributed by atoms with Gasteiger partial charge in [-0.3, -0.25) is 5.32 Å². The predicted octanol–water partition coefficient (Wildman–Crippen LogP) is 5.08. The van der Waals surface area contributed by atoms with Crippen molar-refractivity contribution >= 4 is 29.2 Å². The van der Waals surface area contributed by atoms with Gasteiger partial charge in [0.1, 0.15) is 6.61 Å². The van der Waals surface area contributed by atoms with E-state index in [-0.39, 0.29) is 12.6 Å². The molecule has 3 aromatic rings. The van der Waals surface area contributed by atoms with Gasteiger partial charge in [-0.25, -0.2) is 9.59 Å². The summed E-state index contributed by atoms with van der Waals surface area (Å²) in [6, 6.07) is 24.9. The standard InChI is InChI=1S/C21H19N3O3/c25-20(22-17-10-3-1-4-11-17)24-19-14-8-7-9-16(19)15-27-21(26)23-18-12-5-2-6-13-18/h1-14H,15H2,(H,23,26)(H2,22,24,25). The van der Waals surface area contributed by atoms with Crippen LogP contribution in [0.25, 0.3) is 0 Å². The Kier molecular flexibility index (Phi) is 6.04. The van der Waals surface area contributed by atoms with E-state index in [0.717, 1.165) is 0 Å². The summed E-state index contributed by atoms with van der Waals surface area (Å²) in [5.74, 6) is 0. The average Bonchev–Trinajstić information content (AvgIpc) is 2.69. The zero-order valence-corrected chi connectivity index (χ0v) is 14.5. The molecule has 136 valence electrons. The van der Waals surface area contributed by atoms with Gasteiger partial charge in [0.25, 0.3) is 0 Å². The number of carbonyl (C=O) groups excluding carboxylic acids is 2. The number of carbonyl (C=O) groups is 2. The second-order valence-electron chi connectivity index (χ2n) is 5.67. The average molecular weight is 361 g/mol. The van der Waals surface area contributed by atoms with Crippen LogP contribution < -0.4 is 16.0 Å². The molecule has 0 fully saturated rings. The summed E-state index contributed by atoms with van der Waals surface area (Å²) in [6.45, 7) is 0.0282. The highest BCUT2D eigenvalue weighted by Gasteiger charge is 2.09. The first-order valence-corrected chi connectivity index (χ1v) is 8.40. The number of anilines is 3. The first-order chi connectivity index (χ1) is 13.2. The van der Waals surface area contributed by atoms with E-state index in [4.69, 9.17) is 4.74 Å². The second kappa shape index (κ2) is 9.05. The van der Waals surface area contributed by atoms with E-state index in [1.54, 1.807) is 42.5 Å². The topological polar surface area (TPSA) is 79.5 Å². The van der Waals surface area contributed by atoms with Crippen molar-refractivity contribution in [2.45, 2.75) is 6.61 Å². The summed E-state index contributed by atoms with van der Waals surface area (Å²) in [6.07, 6.45) is -0.565. The monoisotopic (exact) mass is 361 g/mol. The van der Waals surface area contributed by atoms with E-state index in [2.05, 4.69) is 16.0 Å². The smallest absolute Gasteiger partial charge is 0.411 e. The molecule has 0 aliphatic rings. The van der Waals surface area contributed by atoms with Crippen LogP contribution in [0.1, 0.15) is 5.56 Å². The van der Waals surface area contributed by atoms with E-state index in [9.17, 15) is 9.59 Å². The van der Waals surface area contributed by atoms with Gasteiger partial charge in [-0.2, -0.15) is 0 Å². The van der Waals surface area contributed by atoms with E-state index < -0.39 is 6.09 Å². The highest BCUT2D eigenvalue weighted by Crippen LogP contribution is 2.17. The molecular formula is C21H19N3O3. The predicted molar refractivity (Wildman–Crippen MR) is 106 cm³/mol. The van der Waals surface area contributed by atoms with Gasteiger partial charge in [0.15, 0.2) is 0 Å². The first kappa shape index (κ1) is 18.0. The lowest BCUT2D eigenvalue weighted by Gasteiger charge is -2.13. The van der Waals surface area contributed by atoms with Gasteiger partial charge in [-0.15, -0.1) is 0 Å². The number of ether oxygens (including phenoxy) is 1. The second-order valence-corrected chi connectivity index (χ2v) is 5.67. The molecule has 6 heteroatoms. The number of rotatable bonds is 5. The van der Waals surface area contributed by atoms with Crippen LogP contribution in [-0.2, 0) is 11.3 Å². The molecule has 3 N–H and O–H groups in total. The van der Waals surface area contributed by atoms with E-state index >= 15 is 0 Å². The number of hydrogen-bond donors (Lipinski definition) is 3. The van der Waals surface area contributed by atoms with Crippen molar-refractivity contribution in [3.05, 3.63) is 90.5 Å². The molecule has 0 aliphatic heterocycles. The fourth-order valence-electron chi connectivity index (χ4n) is 2.39. The van der Waals surface area contributed by atoms with Gasteiger partial charge in [0.05, 0.1) is 0 Å². The fraction of sp³-hybridized carbons (Fsp3) is 0.0476. The third-order valence-electron chi connectivity index (χ3n) is 3.68. The van der Waals surface area contributed by atoms with Crippen molar-refractivity contribution in [2.24, 2.45) is 0 Å². The summed E-state index contributed by atoms with van der Waals surface area (Å²) in [4.78, 5) is 24.1. The molecule has 0 saturated heterocycles. The molecule has 3 amide bonds. The molecule has 3 aromatic carbocycles. The van der Waals surface area contributed by atoms with Gasteiger partial charge >= 0.3 is 12.1 Å². The molecule has 0 atom stereocenters. The van der Waals surface area contributed by atoms with Gasteiger partial charge in [-0.1, -0.05) is 54.6 Å². The maximum atomic E-state index is 12.2. The van der Waals surface area contributed by atoms with Gasteiger partial charge in [0, 0.05) is 22.6 Å². The van der Waals surface area contributed by atoms with Crippen molar-refractivity contribution in [3.8, 4) is 0 Å². The minimum atomic E-state index is -0.565. The van der Waals surface area contributed by atoms with E-state index in [1.807, 2.05) is 42.5 Å². The summed E-state index contributed by atoms with van der Waals surface area (Å²) in [5, 5.41) is 8.16. The van der Waals surface area contributed by atoms with Crippen LogP contribution in [0.4, 0.5) is 26.7 Å². The lowest BCUT2D eigenvalue weighted by Crippen LogP contribution is -2.20. The molecule has 0 aliphatic carbocycles. The van der Waals surface area contributed by atoms with Crippen LogP contribution >= 0.6 is 0 Å². The van der Waals surface area contributed by atoms with Crippen molar-refractivity contribution in [3.63, 3.8) is 0 Å². The fourth-order valence-corrected chi connectivity index (χ4v) is 2.39. The van der Waals surface area contributed by atoms with Crippen LogP contribution in [-0.4, -0.2) is 12.1 Å². The van der Waals surface area contributed by atoms with E-state index in [0.29, 0.717) is 22.6 Å². The molecule has 27 heavy (non-hydrogen) atoms. The Morgan fingerprint density at radius 1 is 0.667 bits per heavy atom. The maximum absolute atomic E-state index is 12.2. The largest absolute Gasteiger partial charge is 0.444 e. The summed E-state index contributed by atoms with van der Waals surface area (Å²) >= 11 is 0. The molecule has 0 aromatic heterocycles. The molecule has 0 bridgehead atoms. The highest BCUT2D eigenvalue weighted by molar-refractivity contribution is 6.00. The maximum Gasteiger partial charge on any atom is 0.411 e. The van der Waals surface area contributed by atoms with Crippen molar-refractivity contribution in [1.82, 2.24) is 0 Å². The SMILES string of the molecule is O=C(Nc1ccccc1)Nc1ccccc1COC(=O)Nc1ccccc1. The Hall–Kier alpha value is -3.80. The number of amides is 3. The Morgan fingerprint density at radius 2 is 1.22 bits per heavy atom. The zero-order valence-electron chi connectivity index (χ0n) is 14.5. The Bertz CT molecular complexity index is 899. The Labute approximate surface area is 157 Å². The third-order valence-corrected chi connectivity index (χ3v) is 3.68. The number of nitrogens with one attached hydrogen (secondary N) is 3. The van der Waals surface area contributed by atoms with Crippen LogP contribution in [0.5, 0.6) is 0 Å². The number of urea groups is 1. The molecule has 3 rings (SSSR count). The Morgan fingerprint density at radius 3 is 1.89 bits per heavy atom. The van der Waals surface area contributed by atoms with Gasteiger partial charge in [-0.05, 0) is 30.3 Å². The van der Waals surface area contributed by atoms with Crippen molar-refractivity contribution in [1.29, 1.82) is 0 Å². The normalized spacial score (nSPS) is 9.93. The lowest BCUT2D eigenvalue weighted by atomic mass is 10.2. The highest BCUT2D eigenvalue weighted by atomic mass is 16.5. The Balaban J connectivity index is 1.57. The van der Waals surface area contributed by atoms with Crippen LogP contribution in [0.3, 0.4) is 0 Å².